The molecule has 0 saturated carbocycles. The average Bonchev–Trinajstić information content (AvgIpc) is 2.51. The molecule has 2 nitrogen and oxygen atoms in total. The maximum Gasteiger partial charge on any atom is 0.0900 e. The van der Waals surface area contributed by atoms with Crippen LogP contribution in [-0.2, 0) is 0 Å². The molecule has 0 aliphatic heterocycles. The Hall–Kier alpha value is -1.22. The van der Waals surface area contributed by atoms with Crippen LogP contribution in [0.1, 0.15) is 9.88 Å². The lowest BCUT2D eigenvalue weighted by Crippen LogP contribution is -1.80. The number of nitrogens with zero attached hydrogens (tertiary/aromatic N) is 2. The Morgan fingerprint density at radius 1 is 1.69 bits per heavy atom. The molecule has 0 atom stereocenters. The van der Waals surface area contributed by atoms with Gasteiger partial charge in [-0.15, -0.1) is 11.3 Å². The smallest absolute Gasteiger partial charge is 0.0900 e. The van der Waals surface area contributed by atoms with Gasteiger partial charge >= 0.3 is 0 Å². The fourth-order valence-electron chi connectivity index (χ4n) is 0.950. The Labute approximate surface area is 82.4 Å². The number of aryl methyl sites for hydroxylation is 1. The summed E-state index contributed by atoms with van der Waals surface area (Å²) in [5, 5.41) is 1.06. The number of rotatable bonds is 3. The largest absolute Gasteiger partial charge is 0.296 e. The summed E-state index contributed by atoms with van der Waals surface area (Å²) in [6.45, 7) is 5.65. The molecule has 3 heteroatoms. The highest BCUT2D eigenvalue weighted by atomic mass is 32.1. The van der Waals surface area contributed by atoms with Gasteiger partial charge in [-0.2, -0.15) is 0 Å². The second-order valence-corrected chi connectivity index (χ2v) is 3.72. The molecule has 0 aliphatic carbocycles. The molecule has 1 aromatic rings. The molecular formula is C10H12N2S. The molecule has 0 fully saturated rings. The number of thiazole rings is 1. The number of allylic oxidation sites excluding steroid dienone is 3. The van der Waals surface area contributed by atoms with E-state index >= 15 is 0 Å². The first-order chi connectivity index (χ1) is 6.27. The van der Waals surface area contributed by atoms with E-state index in [0.717, 1.165) is 15.5 Å². The zero-order valence-electron chi connectivity index (χ0n) is 7.82. The van der Waals surface area contributed by atoms with E-state index in [1.54, 1.807) is 24.5 Å². The summed E-state index contributed by atoms with van der Waals surface area (Å²) in [6.07, 6.45) is 7.36. The molecular weight excluding hydrogens is 180 g/mol. The minimum absolute atomic E-state index is 1.06. The van der Waals surface area contributed by atoms with Gasteiger partial charge in [0.2, 0.25) is 0 Å². The van der Waals surface area contributed by atoms with Crippen molar-refractivity contribution in [3.05, 3.63) is 34.8 Å². The molecule has 0 aromatic carbocycles. The summed E-state index contributed by atoms with van der Waals surface area (Å²) in [6, 6.07) is 0. The average molecular weight is 192 g/mol. The van der Waals surface area contributed by atoms with Crippen molar-refractivity contribution < 1.29 is 0 Å². The summed E-state index contributed by atoms with van der Waals surface area (Å²) < 4.78 is 0. The Balaban J connectivity index is 3.01. The van der Waals surface area contributed by atoms with Crippen LogP contribution in [0.25, 0.3) is 5.57 Å². The first kappa shape index (κ1) is 9.86. The van der Waals surface area contributed by atoms with Crippen LogP contribution in [0.5, 0.6) is 0 Å². The molecule has 0 radical (unpaired) electrons. The van der Waals surface area contributed by atoms with E-state index < -0.39 is 0 Å². The quantitative estimate of drug-likeness (QED) is 0.534. The molecule has 0 unspecified atom stereocenters. The molecule has 0 N–H and O–H groups in total. The Morgan fingerprint density at radius 3 is 2.92 bits per heavy atom. The Morgan fingerprint density at radius 2 is 2.46 bits per heavy atom. The lowest BCUT2D eigenvalue weighted by molar-refractivity contribution is 1.29. The normalized spacial score (nSPS) is 12.3. The third kappa shape index (κ3) is 2.63. The van der Waals surface area contributed by atoms with Crippen molar-refractivity contribution >= 4 is 23.1 Å². The second kappa shape index (κ2) is 4.72. The lowest BCUT2D eigenvalue weighted by atomic mass is 10.2. The van der Waals surface area contributed by atoms with Crippen LogP contribution >= 0.6 is 11.3 Å². The number of aromatic nitrogens is 1. The fraction of sp³-hybridized carbons (Fsp3) is 0.200. The molecule has 1 aromatic heterocycles. The summed E-state index contributed by atoms with van der Waals surface area (Å²) >= 11 is 1.66. The van der Waals surface area contributed by atoms with E-state index in [4.69, 9.17) is 0 Å². The highest BCUT2D eigenvalue weighted by Gasteiger charge is 2.01. The van der Waals surface area contributed by atoms with Gasteiger partial charge in [-0.25, -0.2) is 4.98 Å². The number of hydrogen-bond acceptors (Lipinski definition) is 3. The minimum Gasteiger partial charge on any atom is -0.296 e. The van der Waals surface area contributed by atoms with E-state index in [-0.39, 0.29) is 0 Å². The molecule has 0 spiro atoms. The highest BCUT2D eigenvalue weighted by Crippen LogP contribution is 2.19. The van der Waals surface area contributed by atoms with Crippen molar-refractivity contribution in [2.24, 2.45) is 4.99 Å². The summed E-state index contributed by atoms with van der Waals surface area (Å²) in [4.78, 5) is 9.29. The Bertz CT molecular complexity index is 348. The van der Waals surface area contributed by atoms with E-state index in [2.05, 4.69) is 16.6 Å². The molecule has 0 amide bonds. The third-order valence-corrected chi connectivity index (χ3v) is 2.43. The van der Waals surface area contributed by atoms with Crippen LogP contribution in [-0.4, -0.2) is 18.2 Å². The van der Waals surface area contributed by atoms with Crippen molar-refractivity contribution in [2.75, 3.05) is 7.05 Å². The lowest BCUT2D eigenvalue weighted by Gasteiger charge is -1.92. The third-order valence-electron chi connectivity index (χ3n) is 1.47. The van der Waals surface area contributed by atoms with Gasteiger partial charge < -0.3 is 0 Å². The molecule has 1 heterocycles. The van der Waals surface area contributed by atoms with Gasteiger partial charge in [0, 0.05) is 25.0 Å². The van der Waals surface area contributed by atoms with Gasteiger partial charge in [-0.05, 0) is 6.92 Å². The van der Waals surface area contributed by atoms with E-state index in [1.807, 2.05) is 25.4 Å². The second-order valence-electron chi connectivity index (χ2n) is 2.49. The zero-order valence-corrected chi connectivity index (χ0v) is 8.64. The van der Waals surface area contributed by atoms with Gasteiger partial charge in [0.25, 0.3) is 0 Å². The van der Waals surface area contributed by atoms with Gasteiger partial charge in [-0.1, -0.05) is 18.7 Å². The Kier molecular flexibility index (Phi) is 3.58. The highest BCUT2D eigenvalue weighted by molar-refractivity contribution is 7.13. The summed E-state index contributed by atoms with van der Waals surface area (Å²) in [5.74, 6) is 0. The van der Waals surface area contributed by atoms with Gasteiger partial charge in [-0.3, -0.25) is 4.99 Å². The molecule has 0 saturated heterocycles. The molecule has 0 bridgehead atoms. The predicted molar refractivity (Wildman–Crippen MR) is 59.4 cm³/mol. The molecule has 13 heavy (non-hydrogen) atoms. The first-order valence-electron chi connectivity index (χ1n) is 3.95. The van der Waals surface area contributed by atoms with Crippen LogP contribution in [0.2, 0.25) is 0 Å². The standard InChI is InChI=1S/C10H12N2S/c1-4-5-9(6-11-3)10-7-12-8(2)13-10/h4-7H,1H2,2-3H3/b9-5+,11-6?. The number of hydrogen-bond donors (Lipinski definition) is 0. The van der Waals surface area contributed by atoms with Crippen molar-refractivity contribution in [3.63, 3.8) is 0 Å². The topological polar surface area (TPSA) is 25.2 Å². The molecule has 68 valence electrons. The summed E-state index contributed by atoms with van der Waals surface area (Å²) in [5.41, 5.74) is 1.06. The van der Waals surface area contributed by atoms with Crippen molar-refractivity contribution in [3.8, 4) is 0 Å². The number of aliphatic imine (C=N–C) groups is 1. The van der Waals surface area contributed by atoms with Crippen molar-refractivity contribution in [1.29, 1.82) is 0 Å². The monoisotopic (exact) mass is 192 g/mol. The minimum atomic E-state index is 1.06. The molecule has 1 rings (SSSR count). The van der Waals surface area contributed by atoms with Crippen molar-refractivity contribution in [2.45, 2.75) is 6.92 Å². The van der Waals surface area contributed by atoms with Gasteiger partial charge in [0.15, 0.2) is 0 Å². The maximum atomic E-state index is 4.18. The van der Waals surface area contributed by atoms with E-state index in [0.29, 0.717) is 0 Å². The SMILES string of the molecule is C=C/C=C(\C=NC)c1cnc(C)s1. The van der Waals surface area contributed by atoms with Crippen LogP contribution in [0.4, 0.5) is 0 Å². The van der Waals surface area contributed by atoms with Crippen LogP contribution in [0.15, 0.2) is 29.9 Å². The fourth-order valence-corrected chi connectivity index (χ4v) is 1.72. The van der Waals surface area contributed by atoms with Gasteiger partial charge in [0.1, 0.15) is 0 Å². The van der Waals surface area contributed by atoms with E-state index in [9.17, 15) is 0 Å². The van der Waals surface area contributed by atoms with Crippen molar-refractivity contribution in [1.82, 2.24) is 4.98 Å². The summed E-state index contributed by atoms with van der Waals surface area (Å²) in [7, 11) is 1.75. The van der Waals surface area contributed by atoms with Crippen LogP contribution < -0.4 is 0 Å². The molecule has 0 aliphatic rings. The predicted octanol–water partition coefficient (Wildman–Crippen LogP) is 2.72. The first-order valence-corrected chi connectivity index (χ1v) is 4.77. The van der Waals surface area contributed by atoms with Gasteiger partial charge in [0.05, 0.1) is 9.88 Å². The van der Waals surface area contributed by atoms with Crippen LogP contribution in [0, 0.1) is 6.92 Å². The maximum absolute atomic E-state index is 4.18. The van der Waals surface area contributed by atoms with Crippen LogP contribution in [0.3, 0.4) is 0 Å². The zero-order chi connectivity index (χ0) is 9.68. The van der Waals surface area contributed by atoms with E-state index in [1.165, 1.54) is 0 Å².